The van der Waals surface area contributed by atoms with E-state index >= 15 is 0 Å². The highest BCUT2D eigenvalue weighted by Gasteiger charge is 2.58. The number of allylic oxidation sites excluding steroid dienone is 1. The molecule has 3 atom stereocenters. The maximum absolute atomic E-state index is 11.3. The smallest absolute Gasteiger partial charge is 0.303 e. The van der Waals surface area contributed by atoms with Crippen molar-refractivity contribution in [3.05, 3.63) is 12.2 Å². The molecule has 4 bridgehead atoms. The first-order chi connectivity index (χ1) is 7.52. The van der Waals surface area contributed by atoms with Gasteiger partial charge in [0.05, 0.1) is 0 Å². The number of esters is 1. The molecule has 2 heteroatoms. The molecule has 4 saturated carbocycles. The van der Waals surface area contributed by atoms with Gasteiger partial charge in [-0.05, 0) is 49.4 Å². The minimum Gasteiger partial charge on any atom is -0.459 e. The van der Waals surface area contributed by atoms with Crippen molar-refractivity contribution in [1.82, 2.24) is 0 Å². The molecule has 2 nitrogen and oxygen atoms in total. The summed E-state index contributed by atoms with van der Waals surface area (Å²) in [6.07, 6.45) is 4.61. The number of ether oxygens (including phenoxy) is 1. The molecule has 0 aromatic carbocycles. The van der Waals surface area contributed by atoms with Crippen LogP contribution in [-0.2, 0) is 9.53 Å². The van der Waals surface area contributed by atoms with Gasteiger partial charge in [-0.25, -0.2) is 0 Å². The van der Waals surface area contributed by atoms with Crippen LogP contribution in [0.2, 0.25) is 0 Å². The molecule has 4 rings (SSSR count). The zero-order valence-corrected chi connectivity index (χ0v) is 10.2. The van der Waals surface area contributed by atoms with Crippen LogP contribution in [-0.4, -0.2) is 11.6 Å². The quantitative estimate of drug-likeness (QED) is 0.501. The molecule has 0 N–H and O–H groups in total. The van der Waals surface area contributed by atoms with Crippen molar-refractivity contribution in [2.24, 2.45) is 23.7 Å². The first-order valence-corrected chi connectivity index (χ1v) is 6.40. The predicted octanol–water partition coefficient (Wildman–Crippen LogP) is 2.93. The van der Waals surface area contributed by atoms with E-state index in [2.05, 4.69) is 13.5 Å². The molecule has 4 fully saturated rings. The van der Waals surface area contributed by atoms with E-state index in [1.165, 1.54) is 18.4 Å². The van der Waals surface area contributed by atoms with E-state index in [1.54, 1.807) is 6.92 Å². The Labute approximate surface area is 97.1 Å². The lowest BCUT2D eigenvalue weighted by Gasteiger charge is -2.60. The third-order valence-electron chi connectivity index (χ3n) is 5.29. The highest BCUT2D eigenvalue weighted by Crippen LogP contribution is 2.61. The first-order valence-electron chi connectivity index (χ1n) is 6.40. The SMILES string of the molecule is C=C1C2CC3CC1CC(OC(C)=O)(C2)C3C. The van der Waals surface area contributed by atoms with Crippen LogP contribution in [0.15, 0.2) is 12.2 Å². The minimum atomic E-state index is -0.149. The molecule has 0 aromatic heterocycles. The average molecular weight is 220 g/mol. The maximum Gasteiger partial charge on any atom is 0.303 e. The second-order valence-corrected chi connectivity index (χ2v) is 6.06. The van der Waals surface area contributed by atoms with Gasteiger partial charge in [-0.2, -0.15) is 0 Å². The zero-order valence-electron chi connectivity index (χ0n) is 10.2. The predicted molar refractivity (Wildman–Crippen MR) is 61.7 cm³/mol. The van der Waals surface area contributed by atoms with Gasteiger partial charge in [-0.15, -0.1) is 0 Å². The molecule has 0 amide bonds. The highest BCUT2D eigenvalue weighted by molar-refractivity contribution is 5.66. The molecule has 0 saturated heterocycles. The lowest BCUT2D eigenvalue weighted by atomic mass is 9.48. The molecule has 0 aromatic rings. The van der Waals surface area contributed by atoms with E-state index in [0.717, 1.165) is 18.8 Å². The number of carbonyl (C=O) groups is 1. The summed E-state index contributed by atoms with van der Waals surface area (Å²) in [7, 11) is 0. The summed E-state index contributed by atoms with van der Waals surface area (Å²) in [5, 5.41) is 0. The Morgan fingerprint density at radius 2 is 1.94 bits per heavy atom. The Kier molecular flexibility index (Phi) is 2.02. The van der Waals surface area contributed by atoms with Crippen LogP contribution in [0.25, 0.3) is 0 Å². The monoisotopic (exact) mass is 220 g/mol. The standard InChI is InChI=1S/C14H20O2/c1-8-12-4-11-5-13(8)7-14(6-12,9(11)2)16-10(3)15/h9,11-13H,1,4-7H2,2-3H3. The van der Waals surface area contributed by atoms with Gasteiger partial charge in [0.25, 0.3) is 0 Å². The third kappa shape index (κ3) is 1.22. The lowest BCUT2D eigenvalue weighted by Crippen LogP contribution is -2.58. The second kappa shape index (κ2) is 3.12. The van der Waals surface area contributed by atoms with Crippen LogP contribution in [0, 0.1) is 23.7 Å². The first kappa shape index (κ1) is 10.4. The number of carbonyl (C=O) groups excluding carboxylic acids is 1. The summed E-state index contributed by atoms with van der Waals surface area (Å²) in [4.78, 5) is 11.3. The molecular formula is C14H20O2. The maximum atomic E-state index is 11.3. The van der Waals surface area contributed by atoms with E-state index in [-0.39, 0.29) is 11.6 Å². The molecule has 4 aliphatic carbocycles. The molecule has 0 spiro atoms. The summed E-state index contributed by atoms with van der Waals surface area (Å²) in [5.41, 5.74) is 1.29. The van der Waals surface area contributed by atoms with Crippen LogP contribution < -0.4 is 0 Å². The summed E-state index contributed by atoms with van der Waals surface area (Å²) in [5.74, 6) is 2.42. The van der Waals surface area contributed by atoms with Crippen molar-refractivity contribution >= 4 is 5.97 Å². The van der Waals surface area contributed by atoms with Gasteiger partial charge < -0.3 is 4.74 Å². The fraction of sp³-hybridized carbons (Fsp3) is 0.786. The fourth-order valence-electron chi connectivity index (χ4n) is 4.48. The highest BCUT2D eigenvalue weighted by atomic mass is 16.6. The molecule has 3 unspecified atom stereocenters. The molecular weight excluding hydrogens is 200 g/mol. The molecule has 16 heavy (non-hydrogen) atoms. The van der Waals surface area contributed by atoms with Crippen LogP contribution in [0.3, 0.4) is 0 Å². The summed E-state index contributed by atoms with van der Waals surface area (Å²) in [6, 6.07) is 0. The number of rotatable bonds is 1. The minimum absolute atomic E-state index is 0.112. The summed E-state index contributed by atoms with van der Waals surface area (Å²) < 4.78 is 5.73. The van der Waals surface area contributed by atoms with Crippen LogP contribution in [0.4, 0.5) is 0 Å². The van der Waals surface area contributed by atoms with Crippen molar-refractivity contribution < 1.29 is 9.53 Å². The van der Waals surface area contributed by atoms with Crippen LogP contribution >= 0.6 is 0 Å². The van der Waals surface area contributed by atoms with E-state index in [0.29, 0.717) is 17.8 Å². The molecule has 4 aliphatic rings. The Morgan fingerprint density at radius 3 is 2.44 bits per heavy atom. The van der Waals surface area contributed by atoms with Gasteiger partial charge in [0.15, 0.2) is 0 Å². The van der Waals surface area contributed by atoms with Crippen LogP contribution in [0.5, 0.6) is 0 Å². The molecule has 88 valence electrons. The Balaban J connectivity index is 1.95. The van der Waals surface area contributed by atoms with Crippen molar-refractivity contribution in [3.63, 3.8) is 0 Å². The van der Waals surface area contributed by atoms with Crippen molar-refractivity contribution in [1.29, 1.82) is 0 Å². The molecule has 0 heterocycles. The lowest BCUT2D eigenvalue weighted by molar-refractivity contribution is -0.193. The van der Waals surface area contributed by atoms with Gasteiger partial charge in [0.2, 0.25) is 0 Å². The van der Waals surface area contributed by atoms with Crippen molar-refractivity contribution in [2.45, 2.75) is 45.1 Å². The average Bonchev–Trinajstić information content (AvgIpc) is 2.16. The van der Waals surface area contributed by atoms with Gasteiger partial charge in [-0.3, -0.25) is 4.79 Å². The van der Waals surface area contributed by atoms with Gasteiger partial charge >= 0.3 is 5.97 Å². The van der Waals surface area contributed by atoms with Gasteiger partial charge in [-0.1, -0.05) is 19.1 Å². The van der Waals surface area contributed by atoms with Crippen molar-refractivity contribution in [2.75, 3.05) is 0 Å². The van der Waals surface area contributed by atoms with Crippen molar-refractivity contribution in [3.8, 4) is 0 Å². The largest absolute Gasteiger partial charge is 0.459 e. The third-order valence-corrected chi connectivity index (χ3v) is 5.29. The van der Waals surface area contributed by atoms with Gasteiger partial charge in [0.1, 0.15) is 5.60 Å². The summed E-state index contributed by atoms with van der Waals surface area (Å²) in [6.45, 7) is 8.06. The summed E-state index contributed by atoms with van der Waals surface area (Å²) >= 11 is 0. The van der Waals surface area contributed by atoms with Crippen LogP contribution in [0.1, 0.15) is 39.5 Å². The Bertz CT molecular complexity index is 340. The Hall–Kier alpha value is -0.790. The normalized spacial score (nSPS) is 49.5. The van der Waals surface area contributed by atoms with E-state index in [9.17, 15) is 4.79 Å². The Morgan fingerprint density at radius 1 is 1.38 bits per heavy atom. The molecule has 0 aliphatic heterocycles. The second-order valence-electron chi connectivity index (χ2n) is 6.06. The van der Waals surface area contributed by atoms with E-state index in [1.807, 2.05) is 0 Å². The topological polar surface area (TPSA) is 26.3 Å². The molecule has 0 radical (unpaired) electrons. The van der Waals surface area contributed by atoms with E-state index in [4.69, 9.17) is 4.74 Å². The zero-order chi connectivity index (χ0) is 11.5. The fourth-order valence-corrected chi connectivity index (χ4v) is 4.48. The van der Waals surface area contributed by atoms with E-state index < -0.39 is 0 Å². The number of hydrogen-bond acceptors (Lipinski definition) is 2. The van der Waals surface area contributed by atoms with Gasteiger partial charge in [0, 0.05) is 6.92 Å². The number of hydrogen-bond donors (Lipinski definition) is 0.